The molecule has 0 unspecified atom stereocenters. The Morgan fingerprint density at radius 3 is 2.30 bits per heavy atom. The Morgan fingerprint density at radius 2 is 1.43 bits per heavy atom. The van der Waals surface area contributed by atoms with Crippen molar-refractivity contribution in [2.45, 2.75) is 20.3 Å². The fourth-order valence-electron chi connectivity index (χ4n) is 7.61. The molecule has 0 aliphatic rings. The van der Waals surface area contributed by atoms with Crippen LogP contribution in [0.2, 0.25) is 0 Å². The van der Waals surface area contributed by atoms with Crippen molar-refractivity contribution in [3.8, 4) is 22.5 Å². The van der Waals surface area contributed by atoms with Crippen LogP contribution in [-0.4, -0.2) is 9.13 Å². The standard InChI is InChI=1S/C45H32N2/c1-3-13-30-14-12-21-40(35(30)4-2)47-42-20-11-9-18-38(42)45-39-28-32(23-22-31(39)25-27-43(45)47)33-24-26-37-36-17-8-10-19-41(36)46(44(37)29-33)34-15-6-5-7-16-34/h3,5-9,11-18,20-29H,4H2,1-2H3/b13-3-. The Labute approximate surface area is 274 Å². The van der Waals surface area contributed by atoms with Gasteiger partial charge in [-0.05, 0) is 107 Å². The molecule has 2 heterocycles. The maximum absolute atomic E-state index is 3.39. The lowest BCUT2D eigenvalue weighted by Gasteiger charge is -2.15. The first-order valence-electron chi connectivity index (χ1n) is 16.4. The van der Waals surface area contributed by atoms with Crippen LogP contribution in [0.5, 0.6) is 0 Å². The van der Waals surface area contributed by atoms with Crippen molar-refractivity contribution in [3.63, 3.8) is 0 Å². The smallest absolute Gasteiger partial charge is 0.105 e. The Hall–Kier alpha value is -6.04. The number of hydrogen-bond donors (Lipinski definition) is 0. The van der Waals surface area contributed by atoms with Crippen LogP contribution in [0.1, 0.15) is 25.0 Å². The molecule has 0 N–H and O–H groups in total. The van der Waals surface area contributed by atoms with Crippen LogP contribution >= 0.6 is 0 Å². The third kappa shape index (κ3) is 4.14. The average Bonchev–Trinajstić information content (AvgIpc) is 3.64. The molecule has 9 aromatic rings. The first kappa shape index (κ1) is 27.3. The van der Waals surface area contributed by atoms with E-state index < -0.39 is 0 Å². The Kier molecular flexibility index (Phi) is 6.27. The highest BCUT2D eigenvalue weighted by molar-refractivity contribution is 6.22. The molecular weight excluding hydrogens is 569 g/mol. The predicted molar refractivity (Wildman–Crippen MR) is 200 cm³/mol. The summed E-state index contributed by atoms with van der Waals surface area (Å²) in [5.41, 5.74) is 12.1. The van der Waals surface area contributed by atoms with Gasteiger partial charge in [0, 0.05) is 32.9 Å². The van der Waals surface area contributed by atoms with E-state index in [2.05, 4.69) is 175 Å². The summed E-state index contributed by atoms with van der Waals surface area (Å²) >= 11 is 0. The molecule has 0 spiro atoms. The van der Waals surface area contributed by atoms with Crippen molar-refractivity contribution in [2.24, 2.45) is 0 Å². The SMILES string of the molecule is C/C=C\c1cccc(-n2c3ccccc3c3c4cc(-c5ccc6c7ccc#cc7n(-c7ccccc7)c6c5)ccc4ccc32)c1CC. The Morgan fingerprint density at radius 1 is 0.617 bits per heavy atom. The van der Waals surface area contributed by atoms with E-state index in [-0.39, 0.29) is 0 Å². The molecular formula is C45H32N2. The van der Waals surface area contributed by atoms with Gasteiger partial charge >= 0.3 is 0 Å². The molecule has 7 aromatic carbocycles. The maximum Gasteiger partial charge on any atom is 0.105 e. The summed E-state index contributed by atoms with van der Waals surface area (Å²) in [4.78, 5) is 0. The molecule has 222 valence electrons. The van der Waals surface area contributed by atoms with Crippen LogP contribution in [0.4, 0.5) is 0 Å². The van der Waals surface area contributed by atoms with Gasteiger partial charge in [0.1, 0.15) is 5.52 Å². The largest absolute Gasteiger partial charge is 0.309 e. The van der Waals surface area contributed by atoms with E-state index in [0.29, 0.717) is 0 Å². The molecule has 0 amide bonds. The predicted octanol–water partition coefficient (Wildman–Crippen LogP) is 11.9. The summed E-state index contributed by atoms with van der Waals surface area (Å²) in [6, 6.07) is 55.2. The highest BCUT2D eigenvalue weighted by Gasteiger charge is 2.18. The van der Waals surface area contributed by atoms with E-state index in [4.69, 9.17) is 0 Å². The van der Waals surface area contributed by atoms with Crippen LogP contribution in [0.3, 0.4) is 0 Å². The third-order valence-corrected chi connectivity index (χ3v) is 9.66. The van der Waals surface area contributed by atoms with Crippen LogP contribution < -0.4 is 0 Å². The minimum Gasteiger partial charge on any atom is -0.309 e. The Bertz CT molecular complexity index is 2670. The highest BCUT2D eigenvalue weighted by Crippen LogP contribution is 2.40. The molecule has 0 bridgehead atoms. The van der Waals surface area contributed by atoms with E-state index in [9.17, 15) is 0 Å². The molecule has 0 saturated carbocycles. The number of rotatable bonds is 5. The molecule has 2 heteroatoms. The molecule has 2 aromatic heterocycles. The lowest BCUT2D eigenvalue weighted by Crippen LogP contribution is -2.01. The molecule has 0 fully saturated rings. The fourth-order valence-corrected chi connectivity index (χ4v) is 7.61. The van der Waals surface area contributed by atoms with Crippen molar-refractivity contribution in [2.75, 3.05) is 0 Å². The second kappa shape index (κ2) is 10.8. The number of hydrogen-bond acceptors (Lipinski definition) is 0. The van der Waals surface area contributed by atoms with E-state index in [1.807, 2.05) is 6.07 Å². The van der Waals surface area contributed by atoms with Gasteiger partial charge in [-0.15, -0.1) is 0 Å². The van der Waals surface area contributed by atoms with Crippen molar-refractivity contribution in [3.05, 3.63) is 163 Å². The summed E-state index contributed by atoms with van der Waals surface area (Å²) < 4.78 is 4.78. The van der Waals surface area contributed by atoms with E-state index in [1.165, 1.54) is 76.8 Å². The first-order chi connectivity index (χ1) is 23.2. The zero-order valence-corrected chi connectivity index (χ0v) is 26.5. The van der Waals surface area contributed by atoms with Gasteiger partial charge in [-0.3, -0.25) is 0 Å². The van der Waals surface area contributed by atoms with E-state index in [1.54, 1.807) is 0 Å². The van der Waals surface area contributed by atoms with Crippen LogP contribution in [0, 0.1) is 12.1 Å². The lowest BCUT2D eigenvalue weighted by molar-refractivity contribution is 1.06. The third-order valence-electron chi connectivity index (χ3n) is 9.66. The van der Waals surface area contributed by atoms with Gasteiger partial charge in [-0.2, -0.15) is 0 Å². The van der Waals surface area contributed by atoms with Gasteiger partial charge < -0.3 is 9.13 Å². The van der Waals surface area contributed by atoms with Gasteiger partial charge in [0.15, 0.2) is 0 Å². The van der Waals surface area contributed by atoms with Gasteiger partial charge in [-0.25, -0.2) is 0 Å². The van der Waals surface area contributed by atoms with Crippen molar-refractivity contribution < 1.29 is 0 Å². The summed E-state index contributed by atoms with van der Waals surface area (Å²) in [5, 5.41) is 7.48. The fraction of sp³-hybridized carbons (Fsp3) is 0.0667. The topological polar surface area (TPSA) is 9.86 Å². The van der Waals surface area contributed by atoms with Crippen molar-refractivity contribution in [1.29, 1.82) is 0 Å². The van der Waals surface area contributed by atoms with Gasteiger partial charge in [0.25, 0.3) is 0 Å². The zero-order valence-electron chi connectivity index (χ0n) is 26.5. The van der Waals surface area contributed by atoms with Gasteiger partial charge in [0.2, 0.25) is 0 Å². The molecule has 0 aliphatic heterocycles. The minimum absolute atomic E-state index is 0.958. The zero-order chi connectivity index (χ0) is 31.5. The van der Waals surface area contributed by atoms with Gasteiger partial charge in [-0.1, -0.05) is 104 Å². The van der Waals surface area contributed by atoms with Crippen LogP contribution in [-0.2, 0) is 6.42 Å². The quantitative estimate of drug-likeness (QED) is 0.186. The first-order valence-corrected chi connectivity index (χ1v) is 16.4. The number of benzene rings is 6. The molecule has 0 atom stereocenters. The second-order valence-electron chi connectivity index (χ2n) is 12.2. The average molecular weight is 601 g/mol. The number of fused-ring (bicyclic) bond motifs is 8. The molecule has 47 heavy (non-hydrogen) atoms. The molecule has 0 aliphatic carbocycles. The molecule has 0 radical (unpaired) electrons. The maximum atomic E-state index is 3.39. The summed E-state index contributed by atoms with van der Waals surface area (Å²) in [5.74, 6) is 0. The number of para-hydroxylation sites is 2. The summed E-state index contributed by atoms with van der Waals surface area (Å²) in [6.07, 6.45) is 5.31. The van der Waals surface area contributed by atoms with Crippen molar-refractivity contribution in [1.82, 2.24) is 9.13 Å². The lowest BCUT2D eigenvalue weighted by atomic mass is 9.97. The number of allylic oxidation sites excluding steroid dienone is 1. The minimum atomic E-state index is 0.958. The van der Waals surface area contributed by atoms with E-state index in [0.717, 1.165) is 17.6 Å². The normalized spacial score (nSPS) is 11.9. The second-order valence-corrected chi connectivity index (χ2v) is 12.2. The van der Waals surface area contributed by atoms with Crippen molar-refractivity contribution >= 4 is 60.5 Å². The van der Waals surface area contributed by atoms with E-state index >= 15 is 0 Å². The molecule has 9 rings (SSSR count). The molecule has 0 saturated heterocycles. The summed E-state index contributed by atoms with van der Waals surface area (Å²) in [7, 11) is 0. The van der Waals surface area contributed by atoms with Gasteiger partial charge in [0.05, 0.1) is 16.6 Å². The monoisotopic (exact) mass is 600 g/mol. The number of aromatic nitrogens is 2. The summed E-state index contributed by atoms with van der Waals surface area (Å²) in [6.45, 7) is 4.35. The van der Waals surface area contributed by atoms with Crippen LogP contribution in [0.25, 0.3) is 83.0 Å². The Balaban J connectivity index is 1.31. The highest BCUT2D eigenvalue weighted by atomic mass is 15.0. The van der Waals surface area contributed by atoms with Crippen LogP contribution in [0.15, 0.2) is 140 Å². The number of nitrogens with zero attached hydrogens (tertiary/aromatic N) is 2. The molecule has 2 nitrogen and oxygen atoms in total.